The maximum absolute atomic E-state index is 10.4. The van der Waals surface area contributed by atoms with Crippen LogP contribution in [0.1, 0.15) is 20.8 Å². The molecule has 0 aromatic carbocycles. The van der Waals surface area contributed by atoms with Gasteiger partial charge < -0.3 is 20.0 Å². The van der Waals surface area contributed by atoms with Crippen molar-refractivity contribution in [2.45, 2.75) is 20.8 Å². The molecule has 0 aliphatic rings. The van der Waals surface area contributed by atoms with Crippen molar-refractivity contribution in [3.05, 3.63) is 12.2 Å². The summed E-state index contributed by atoms with van der Waals surface area (Å²) >= 11 is 0. The summed E-state index contributed by atoms with van der Waals surface area (Å²) < 4.78 is 4.56. The van der Waals surface area contributed by atoms with Gasteiger partial charge in [0.1, 0.15) is 0 Å². The Morgan fingerprint density at radius 3 is 1.67 bits per heavy atom. The van der Waals surface area contributed by atoms with E-state index >= 15 is 0 Å². The van der Waals surface area contributed by atoms with Crippen molar-refractivity contribution in [2.75, 3.05) is 20.7 Å². The first-order chi connectivity index (χ1) is 6.83. The summed E-state index contributed by atoms with van der Waals surface area (Å²) in [7, 11) is 4.00. The summed E-state index contributed by atoms with van der Waals surface area (Å²) in [4.78, 5) is 19.3. The lowest BCUT2D eigenvalue weighted by atomic mass is 10.4. The fourth-order valence-electron chi connectivity index (χ4n) is 0.254. The van der Waals surface area contributed by atoms with E-state index in [1.165, 1.54) is 0 Å². The number of quaternary nitrogens is 1. The van der Waals surface area contributed by atoms with E-state index in [-0.39, 0.29) is 5.97 Å². The highest BCUT2D eigenvalue weighted by molar-refractivity contribution is 5.86. The third kappa shape index (κ3) is 45.0. The van der Waals surface area contributed by atoms with Crippen LogP contribution in [-0.4, -0.2) is 32.6 Å². The highest BCUT2D eigenvalue weighted by Crippen LogP contribution is 1.89. The molecule has 0 saturated heterocycles. The Kier molecular flexibility index (Phi) is 19.4. The Morgan fingerprint density at radius 1 is 1.33 bits per heavy atom. The van der Waals surface area contributed by atoms with Gasteiger partial charge in [0.25, 0.3) is 0 Å². The van der Waals surface area contributed by atoms with Crippen LogP contribution in [0.3, 0.4) is 0 Å². The fraction of sp³-hybridized carbons (Fsp3) is 0.600. The van der Waals surface area contributed by atoms with Crippen LogP contribution in [0.25, 0.3) is 0 Å². The summed E-state index contributed by atoms with van der Waals surface area (Å²) in [5.74, 6) is -1.40. The van der Waals surface area contributed by atoms with Gasteiger partial charge in [-0.05, 0) is 20.8 Å². The standard InChI is InChI=1S/C6H10O2.C2H7N.C2H4O2/c1-4-8-6(7)5(2)3;1-3-2;1-2(3)4/h2,4H2,1,3H3;3H,1-2H3;1H3,(H,3,4). The topological polar surface area (TPSA) is 83.0 Å². The molecule has 0 aliphatic carbocycles. The zero-order valence-electron chi connectivity index (χ0n) is 10.1. The molecule has 0 heterocycles. The lowest BCUT2D eigenvalue weighted by molar-refractivity contribution is -0.597. The third-order valence-electron chi connectivity index (χ3n) is 0.624. The monoisotopic (exact) mass is 219 g/mol. The molecule has 0 unspecified atom stereocenters. The Morgan fingerprint density at radius 2 is 1.60 bits per heavy atom. The first kappa shape index (κ1) is 19.2. The minimum absolute atomic E-state index is 0.312. The predicted octanol–water partition coefficient (Wildman–Crippen LogP) is -1.31. The molecule has 0 aliphatic heterocycles. The molecule has 0 bridgehead atoms. The number of carbonyl (C=O) groups excluding carboxylic acids is 2. The number of ether oxygens (including phenoxy) is 1. The van der Waals surface area contributed by atoms with Crippen LogP contribution in [0, 0.1) is 0 Å². The maximum atomic E-state index is 10.4. The molecule has 5 heteroatoms. The summed E-state index contributed by atoms with van der Waals surface area (Å²) in [6, 6.07) is 0. The maximum Gasteiger partial charge on any atom is 0.333 e. The molecule has 0 saturated carbocycles. The molecular formula is C10H21NO4. The molecule has 0 radical (unpaired) electrons. The van der Waals surface area contributed by atoms with Crippen molar-refractivity contribution in [3.63, 3.8) is 0 Å². The first-order valence-electron chi connectivity index (χ1n) is 4.57. The van der Waals surface area contributed by atoms with Gasteiger partial charge in [0.05, 0.1) is 20.7 Å². The Balaban J connectivity index is -0.000000173. The van der Waals surface area contributed by atoms with E-state index in [1.807, 2.05) is 19.4 Å². The van der Waals surface area contributed by atoms with Gasteiger partial charge in [-0.2, -0.15) is 0 Å². The van der Waals surface area contributed by atoms with Gasteiger partial charge in [-0.15, -0.1) is 0 Å². The molecule has 0 aromatic heterocycles. The minimum Gasteiger partial charge on any atom is -0.550 e. The van der Waals surface area contributed by atoms with E-state index in [9.17, 15) is 4.79 Å². The van der Waals surface area contributed by atoms with Gasteiger partial charge in [0.2, 0.25) is 0 Å². The normalized spacial score (nSPS) is 7.27. The summed E-state index contributed by atoms with van der Waals surface area (Å²) in [5, 5.41) is 10.9. The lowest BCUT2D eigenvalue weighted by Crippen LogP contribution is -2.74. The largest absolute Gasteiger partial charge is 0.550 e. The Bertz CT molecular complexity index is 186. The van der Waals surface area contributed by atoms with Crippen molar-refractivity contribution < 1.29 is 24.7 Å². The summed E-state index contributed by atoms with van der Waals surface area (Å²) in [6.07, 6.45) is 0. The average Bonchev–Trinajstić information content (AvgIpc) is 2.04. The average molecular weight is 219 g/mol. The SMILES string of the molecule is C=C(C)C(=O)OCC.CC(=O)[O-].C[NH2+]C. The molecule has 15 heavy (non-hydrogen) atoms. The molecule has 0 aromatic rings. The van der Waals surface area contributed by atoms with Crippen LogP contribution in [0.15, 0.2) is 12.2 Å². The van der Waals surface area contributed by atoms with Crippen LogP contribution < -0.4 is 10.4 Å². The molecular weight excluding hydrogens is 198 g/mol. The van der Waals surface area contributed by atoms with Crippen molar-refractivity contribution in [1.29, 1.82) is 0 Å². The minimum atomic E-state index is -1.08. The molecule has 5 nitrogen and oxygen atoms in total. The second-order valence-corrected chi connectivity index (χ2v) is 2.57. The van der Waals surface area contributed by atoms with E-state index < -0.39 is 5.97 Å². The third-order valence-corrected chi connectivity index (χ3v) is 0.624. The number of carboxylic acids is 1. The van der Waals surface area contributed by atoms with E-state index in [2.05, 4.69) is 11.3 Å². The second kappa shape index (κ2) is 15.1. The van der Waals surface area contributed by atoms with Crippen molar-refractivity contribution in [1.82, 2.24) is 0 Å². The van der Waals surface area contributed by atoms with Crippen LogP contribution in [0.2, 0.25) is 0 Å². The van der Waals surface area contributed by atoms with Gasteiger partial charge >= 0.3 is 5.97 Å². The number of esters is 1. The second-order valence-electron chi connectivity index (χ2n) is 2.57. The number of hydrogen-bond donors (Lipinski definition) is 1. The van der Waals surface area contributed by atoms with Gasteiger partial charge in [0, 0.05) is 11.5 Å². The Labute approximate surface area is 91.1 Å². The number of hydrogen-bond acceptors (Lipinski definition) is 4. The number of aliphatic carboxylic acids is 1. The zero-order chi connectivity index (χ0) is 12.9. The smallest absolute Gasteiger partial charge is 0.333 e. The highest BCUT2D eigenvalue weighted by atomic mass is 16.5. The van der Waals surface area contributed by atoms with E-state index in [0.29, 0.717) is 12.2 Å². The molecule has 0 rings (SSSR count). The summed E-state index contributed by atoms with van der Waals surface area (Å²) in [6.45, 7) is 8.18. The highest BCUT2D eigenvalue weighted by Gasteiger charge is 1.98. The molecule has 0 fully saturated rings. The zero-order valence-corrected chi connectivity index (χ0v) is 10.1. The van der Waals surface area contributed by atoms with Crippen molar-refractivity contribution in [3.8, 4) is 0 Å². The van der Waals surface area contributed by atoms with Crippen LogP contribution in [-0.2, 0) is 14.3 Å². The quantitative estimate of drug-likeness (QED) is 0.462. The number of carboxylic acid groups (broad SMARTS) is 1. The van der Waals surface area contributed by atoms with Crippen molar-refractivity contribution in [2.24, 2.45) is 0 Å². The summed E-state index contributed by atoms with van der Waals surface area (Å²) in [5.41, 5.74) is 0.451. The van der Waals surface area contributed by atoms with Crippen molar-refractivity contribution >= 4 is 11.9 Å². The molecule has 0 spiro atoms. The van der Waals surface area contributed by atoms with Gasteiger partial charge in [-0.3, -0.25) is 0 Å². The van der Waals surface area contributed by atoms with Gasteiger partial charge in [-0.25, -0.2) is 4.79 Å². The van der Waals surface area contributed by atoms with E-state index in [4.69, 9.17) is 9.90 Å². The first-order valence-corrected chi connectivity index (χ1v) is 4.57. The van der Waals surface area contributed by atoms with E-state index in [0.717, 1.165) is 6.92 Å². The molecule has 90 valence electrons. The fourth-order valence-corrected chi connectivity index (χ4v) is 0.254. The number of rotatable bonds is 2. The number of carbonyl (C=O) groups is 2. The van der Waals surface area contributed by atoms with Gasteiger partial charge in [-0.1, -0.05) is 6.58 Å². The Hall–Kier alpha value is -1.36. The van der Waals surface area contributed by atoms with Crippen LogP contribution in [0.5, 0.6) is 0 Å². The number of nitrogens with two attached hydrogens (primary N) is 1. The molecule has 0 atom stereocenters. The lowest BCUT2D eigenvalue weighted by Gasteiger charge is -1.96. The van der Waals surface area contributed by atoms with Crippen LogP contribution >= 0.6 is 0 Å². The molecule has 2 N–H and O–H groups in total. The predicted molar refractivity (Wildman–Crippen MR) is 55.9 cm³/mol. The molecule has 0 amide bonds. The van der Waals surface area contributed by atoms with Crippen LogP contribution in [0.4, 0.5) is 0 Å². The van der Waals surface area contributed by atoms with E-state index in [1.54, 1.807) is 13.8 Å². The van der Waals surface area contributed by atoms with Gasteiger partial charge in [0.15, 0.2) is 0 Å².